The van der Waals surface area contributed by atoms with Crippen molar-refractivity contribution in [3.8, 4) is 11.5 Å². The monoisotopic (exact) mass is 448 g/mol. The van der Waals surface area contributed by atoms with Crippen LogP contribution in [0.1, 0.15) is 36.1 Å². The molecule has 0 radical (unpaired) electrons. The number of benzene rings is 2. The van der Waals surface area contributed by atoms with Crippen LogP contribution in [0.2, 0.25) is 0 Å². The number of rotatable bonds is 4. The summed E-state index contributed by atoms with van der Waals surface area (Å²) in [5.74, 6) is 0.753. The summed E-state index contributed by atoms with van der Waals surface area (Å²) < 4.78 is 16.7. The second-order valence-electron chi connectivity index (χ2n) is 9.07. The molecule has 2 aromatic carbocycles. The number of imide groups is 1. The van der Waals surface area contributed by atoms with E-state index in [9.17, 15) is 9.59 Å². The van der Waals surface area contributed by atoms with Crippen molar-refractivity contribution in [2.24, 2.45) is 0 Å². The van der Waals surface area contributed by atoms with E-state index in [1.807, 2.05) is 69.0 Å². The average Bonchev–Trinajstić information content (AvgIpc) is 3.32. The molecule has 3 aliphatic rings. The summed E-state index contributed by atoms with van der Waals surface area (Å²) in [6.45, 7) is 9.50. The third kappa shape index (κ3) is 3.86. The number of aryl methyl sites for hydroxylation is 2. The quantitative estimate of drug-likeness (QED) is 0.668. The van der Waals surface area contributed by atoms with Crippen LogP contribution in [0, 0.1) is 13.8 Å². The highest BCUT2D eigenvalue weighted by atomic mass is 16.7. The van der Waals surface area contributed by atoms with E-state index in [0.717, 1.165) is 22.3 Å². The summed E-state index contributed by atoms with van der Waals surface area (Å²) in [4.78, 5) is 30.8. The maximum Gasteiger partial charge on any atom is 0.278 e. The first-order valence-electron chi connectivity index (χ1n) is 11.3. The second kappa shape index (κ2) is 8.23. The van der Waals surface area contributed by atoms with Crippen molar-refractivity contribution < 1.29 is 23.8 Å². The minimum atomic E-state index is -0.275. The highest BCUT2D eigenvalue weighted by Gasteiger charge is 2.43. The van der Waals surface area contributed by atoms with Gasteiger partial charge >= 0.3 is 0 Å². The van der Waals surface area contributed by atoms with Gasteiger partial charge in [-0.05, 0) is 62.1 Å². The summed E-state index contributed by atoms with van der Waals surface area (Å²) in [7, 11) is 0. The van der Waals surface area contributed by atoms with E-state index in [-0.39, 0.29) is 37.4 Å². The fourth-order valence-corrected chi connectivity index (χ4v) is 4.74. The van der Waals surface area contributed by atoms with Gasteiger partial charge in [0, 0.05) is 13.1 Å². The van der Waals surface area contributed by atoms with Gasteiger partial charge in [0.1, 0.15) is 5.70 Å². The molecule has 0 N–H and O–H groups in total. The van der Waals surface area contributed by atoms with Crippen LogP contribution in [0.15, 0.2) is 42.1 Å². The van der Waals surface area contributed by atoms with E-state index >= 15 is 0 Å². The second-order valence-corrected chi connectivity index (χ2v) is 9.07. The Balaban J connectivity index is 1.54. The van der Waals surface area contributed by atoms with Gasteiger partial charge in [0.2, 0.25) is 6.79 Å². The molecule has 33 heavy (non-hydrogen) atoms. The van der Waals surface area contributed by atoms with Gasteiger partial charge in [-0.15, -0.1) is 0 Å². The number of hydrogen-bond acceptors (Lipinski definition) is 6. The molecule has 2 atom stereocenters. The van der Waals surface area contributed by atoms with Gasteiger partial charge in [0.15, 0.2) is 11.5 Å². The molecular weight excluding hydrogens is 420 g/mol. The average molecular weight is 449 g/mol. The maximum absolute atomic E-state index is 13.7. The number of carbonyl (C=O) groups is 2. The summed E-state index contributed by atoms with van der Waals surface area (Å²) >= 11 is 0. The van der Waals surface area contributed by atoms with Gasteiger partial charge in [-0.1, -0.05) is 24.3 Å². The molecule has 1 saturated heterocycles. The van der Waals surface area contributed by atoms with Gasteiger partial charge in [-0.3, -0.25) is 14.5 Å². The first-order chi connectivity index (χ1) is 15.8. The third-order valence-corrected chi connectivity index (χ3v) is 6.45. The van der Waals surface area contributed by atoms with Crippen molar-refractivity contribution in [1.29, 1.82) is 0 Å². The Morgan fingerprint density at radius 1 is 0.879 bits per heavy atom. The molecule has 2 amide bonds. The van der Waals surface area contributed by atoms with Crippen molar-refractivity contribution in [3.63, 3.8) is 0 Å². The van der Waals surface area contributed by atoms with Gasteiger partial charge in [-0.25, -0.2) is 0 Å². The van der Waals surface area contributed by atoms with Crippen molar-refractivity contribution in [2.45, 2.75) is 46.4 Å². The molecule has 3 heterocycles. The Morgan fingerprint density at radius 2 is 1.61 bits per heavy atom. The smallest absolute Gasteiger partial charge is 0.278 e. The lowest BCUT2D eigenvalue weighted by Crippen LogP contribution is -2.46. The predicted molar refractivity (Wildman–Crippen MR) is 123 cm³/mol. The van der Waals surface area contributed by atoms with Crippen LogP contribution in [-0.2, 0) is 20.9 Å². The molecule has 0 bridgehead atoms. The van der Waals surface area contributed by atoms with E-state index in [1.165, 1.54) is 4.90 Å². The van der Waals surface area contributed by atoms with Crippen molar-refractivity contribution >= 4 is 17.4 Å². The molecule has 7 heteroatoms. The molecular formula is C26H28N2O5. The molecule has 0 spiro atoms. The van der Waals surface area contributed by atoms with Gasteiger partial charge in [-0.2, -0.15) is 0 Å². The Bertz CT molecular complexity index is 1160. The van der Waals surface area contributed by atoms with Crippen LogP contribution >= 0.6 is 0 Å². The summed E-state index contributed by atoms with van der Waals surface area (Å²) in [6.07, 6.45) is -0.0684. The number of morpholine rings is 1. The van der Waals surface area contributed by atoms with Crippen LogP contribution in [-0.4, -0.2) is 53.7 Å². The maximum atomic E-state index is 13.7. The molecule has 172 valence electrons. The lowest BCUT2D eigenvalue weighted by atomic mass is 9.99. The van der Waals surface area contributed by atoms with Crippen molar-refractivity contribution in [3.05, 3.63) is 64.3 Å². The van der Waals surface area contributed by atoms with E-state index in [0.29, 0.717) is 35.9 Å². The van der Waals surface area contributed by atoms with Crippen LogP contribution in [0.3, 0.4) is 0 Å². The minimum absolute atomic E-state index is 0.0342. The Kier molecular flexibility index (Phi) is 5.37. The molecule has 2 unspecified atom stereocenters. The van der Waals surface area contributed by atoms with Gasteiger partial charge in [0.25, 0.3) is 11.8 Å². The zero-order valence-electron chi connectivity index (χ0n) is 19.4. The number of fused-ring (bicyclic) bond motifs is 1. The lowest BCUT2D eigenvalue weighted by Gasteiger charge is -2.37. The number of amides is 2. The standard InChI is InChI=1S/C26H28N2O5/c1-15-5-7-20(9-16(15)2)23-24(27-11-17(3)33-18(4)12-27)26(30)28(25(23)29)13-19-6-8-21-22(10-19)32-14-31-21/h5-10,17-18H,11-14H2,1-4H3. The van der Waals surface area contributed by atoms with Crippen LogP contribution in [0.5, 0.6) is 11.5 Å². The fraction of sp³-hybridized carbons (Fsp3) is 0.385. The summed E-state index contributed by atoms with van der Waals surface area (Å²) in [5.41, 5.74) is 4.73. The Labute approximate surface area is 193 Å². The zero-order chi connectivity index (χ0) is 23.3. The van der Waals surface area contributed by atoms with Crippen LogP contribution in [0.25, 0.3) is 5.57 Å². The Morgan fingerprint density at radius 3 is 2.33 bits per heavy atom. The molecule has 5 rings (SSSR count). The molecule has 2 aromatic rings. The molecule has 0 saturated carbocycles. The first-order valence-corrected chi connectivity index (χ1v) is 11.3. The van der Waals surface area contributed by atoms with Gasteiger partial charge < -0.3 is 19.1 Å². The zero-order valence-corrected chi connectivity index (χ0v) is 19.4. The predicted octanol–water partition coefficient (Wildman–Crippen LogP) is 3.42. The van der Waals surface area contributed by atoms with Crippen molar-refractivity contribution in [1.82, 2.24) is 9.80 Å². The minimum Gasteiger partial charge on any atom is -0.454 e. The van der Waals surface area contributed by atoms with Crippen LogP contribution in [0.4, 0.5) is 0 Å². The van der Waals surface area contributed by atoms with E-state index in [4.69, 9.17) is 14.2 Å². The largest absolute Gasteiger partial charge is 0.454 e. The van der Waals surface area contributed by atoms with Crippen molar-refractivity contribution in [2.75, 3.05) is 19.9 Å². The van der Waals surface area contributed by atoms with E-state index < -0.39 is 0 Å². The molecule has 7 nitrogen and oxygen atoms in total. The SMILES string of the molecule is Cc1ccc(C2=C(N3CC(C)OC(C)C3)C(=O)N(Cc3ccc4c(c3)OCO4)C2=O)cc1C. The molecule has 0 aliphatic carbocycles. The normalized spacial score (nSPS) is 22.5. The van der Waals surface area contributed by atoms with Gasteiger partial charge in [0.05, 0.1) is 24.3 Å². The Hall–Kier alpha value is -3.32. The van der Waals surface area contributed by atoms with E-state index in [1.54, 1.807) is 0 Å². The summed E-state index contributed by atoms with van der Waals surface area (Å²) in [5, 5.41) is 0. The number of carbonyl (C=O) groups excluding carboxylic acids is 2. The number of hydrogen-bond donors (Lipinski definition) is 0. The summed E-state index contributed by atoms with van der Waals surface area (Å²) in [6, 6.07) is 11.4. The van der Waals surface area contributed by atoms with Crippen LogP contribution < -0.4 is 9.47 Å². The number of nitrogens with zero attached hydrogens (tertiary/aromatic N) is 2. The molecule has 1 fully saturated rings. The first kappa shape index (κ1) is 21.5. The molecule has 3 aliphatic heterocycles. The molecule has 0 aromatic heterocycles. The van der Waals surface area contributed by atoms with E-state index in [2.05, 4.69) is 0 Å². The highest BCUT2D eigenvalue weighted by Crippen LogP contribution is 2.37. The highest BCUT2D eigenvalue weighted by molar-refractivity contribution is 6.35. The topological polar surface area (TPSA) is 68.3 Å². The fourth-order valence-electron chi connectivity index (χ4n) is 4.74. The third-order valence-electron chi connectivity index (χ3n) is 6.45. The number of ether oxygens (including phenoxy) is 3. The lowest BCUT2D eigenvalue weighted by molar-refractivity contribution is -0.139.